The molecule has 5 nitrogen and oxygen atoms in total. The standard InChI is InChI=1S/C21H33N3O2.ClH/c1-17(23-21(26)19-10-6-3-7-11-19)16-20(25)24(15-13-22)14-12-18-8-4-2-5-9-18;/h2,4-5,8-9,17,19H,3,6-7,10-16,22H2,1H3,(H,23,26);1H. The molecule has 1 aliphatic carbocycles. The molecule has 1 saturated carbocycles. The molecule has 1 unspecified atom stereocenters. The van der Waals surface area contributed by atoms with Crippen molar-refractivity contribution in [2.75, 3.05) is 19.6 Å². The number of hydrogen-bond donors (Lipinski definition) is 2. The van der Waals surface area contributed by atoms with E-state index in [1.807, 2.05) is 30.0 Å². The van der Waals surface area contributed by atoms with Gasteiger partial charge >= 0.3 is 0 Å². The van der Waals surface area contributed by atoms with Crippen LogP contribution < -0.4 is 11.1 Å². The minimum atomic E-state index is -0.145. The number of rotatable bonds is 9. The number of carbonyl (C=O) groups excluding carboxylic acids is 2. The minimum absolute atomic E-state index is 0. The van der Waals surface area contributed by atoms with Gasteiger partial charge in [-0.25, -0.2) is 0 Å². The van der Waals surface area contributed by atoms with Crippen LogP contribution in [0.2, 0.25) is 0 Å². The average molecular weight is 396 g/mol. The van der Waals surface area contributed by atoms with Gasteiger partial charge < -0.3 is 16.0 Å². The van der Waals surface area contributed by atoms with E-state index in [0.29, 0.717) is 26.1 Å². The first kappa shape index (κ1) is 23.4. The Hall–Kier alpha value is -1.59. The van der Waals surface area contributed by atoms with Crippen molar-refractivity contribution in [1.82, 2.24) is 10.2 Å². The summed E-state index contributed by atoms with van der Waals surface area (Å²) >= 11 is 0. The average Bonchev–Trinajstić information content (AvgIpc) is 2.66. The van der Waals surface area contributed by atoms with Gasteiger partial charge in [0.05, 0.1) is 0 Å². The van der Waals surface area contributed by atoms with Gasteiger partial charge in [0.2, 0.25) is 11.8 Å². The second kappa shape index (κ2) is 12.7. The first-order chi connectivity index (χ1) is 12.6. The first-order valence-corrected chi connectivity index (χ1v) is 9.92. The minimum Gasteiger partial charge on any atom is -0.353 e. The summed E-state index contributed by atoms with van der Waals surface area (Å²) in [5.74, 6) is 0.294. The largest absolute Gasteiger partial charge is 0.353 e. The lowest BCUT2D eigenvalue weighted by Crippen LogP contribution is -2.43. The molecule has 0 bridgehead atoms. The van der Waals surface area contributed by atoms with E-state index < -0.39 is 0 Å². The molecule has 2 amide bonds. The molecule has 1 aromatic carbocycles. The molecule has 0 aliphatic heterocycles. The number of nitrogens with zero attached hydrogens (tertiary/aromatic N) is 1. The molecule has 27 heavy (non-hydrogen) atoms. The highest BCUT2D eigenvalue weighted by molar-refractivity contribution is 5.85. The number of benzene rings is 1. The Bertz CT molecular complexity index is 562. The summed E-state index contributed by atoms with van der Waals surface area (Å²) in [7, 11) is 0. The fourth-order valence-corrected chi connectivity index (χ4v) is 3.59. The Kier molecular flexibility index (Phi) is 11.1. The number of amides is 2. The van der Waals surface area contributed by atoms with Gasteiger partial charge in [0.15, 0.2) is 0 Å². The molecule has 1 aromatic rings. The van der Waals surface area contributed by atoms with Crippen molar-refractivity contribution >= 4 is 24.2 Å². The zero-order valence-electron chi connectivity index (χ0n) is 16.4. The summed E-state index contributed by atoms with van der Waals surface area (Å²) in [6.45, 7) is 3.57. The van der Waals surface area contributed by atoms with Crippen LogP contribution in [0.15, 0.2) is 30.3 Å². The topological polar surface area (TPSA) is 75.4 Å². The number of nitrogens with one attached hydrogen (secondary N) is 1. The van der Waals surface area contributed by atoms with Crippen molar-refractivity contribution in [3.63, 3.8) is 0 Å². The Labute approximate surface area is 169 Å². The highest BCUT2D eigenvalue weighted by Crippen LogP contribution is 2.23. The molecular formula is C21H34ClN3O2. The predicted octanol–water partition coefficient (Wildman–Crippen LogP) is 2.91. The third-order valence-electron chi connectivity index (χ3n) is 5.11. The lowest BCUT2D eigenvalue weighted by atomic mass is 9.88. The molecule has 0 spiro atoms. The maximum Gasteiger partial charge on any atom is 0.224 e. The zero-order valence-corrected chi connectivity index (χ0v) is 17.2. The van der Waals surface area contributed by atoms with Crippen LogP contribution in [0.3, 0.4) is 0 Å². The molecule has 3 N–H and O–H groups in total. The lowest BCUT2D eigenvalue weighted by Gasteiger charge is -2.26. The van der Waals surface area contributed by atoms with Crippen LogP contribution in [0.4, 0.5) is 0 Å². The van der Waals surface area contributed by atoms with Gasteiger partial charge in [-0.2, -0.15) is 0 Å². The summed E-state index contributed by atoms with van der Waals surface area (Å²) in [6, 6.07) is 9.99. The van der Waals surface area contributed by atoms with Gasteiger partial charge in [-0.15, -0.1) is 12.4 Å². The van der Waals surface area contributed by atoms with Gasteiger partial charge in [0, 0.05) is 38.0 Å². The summed E-state index contributed by atoms with van der Waals surface area (Å²) in [4.78, 5) is 26.8. The van der Waals surface area contributed by atoms with Crippen molar-refractivity contribution in [1.29, 1.82) is 0 Å². The first-order valence-electron chi connectivity index (χ1n) is 9.92. The van der Waals surface area contributed by atoms with E-state index in [9.17, 15) is 9.59 Å². The van der Waals surface area contributed by atoms with Crippen molar-refractivity contribution in [2.45, 2.75) is 57.9 Å². The molecule has 0 saturated heterocycles. The second-order valence-electron chi connectivity index (χ2n) is 7.35. The predicted molar refractivity (Wildman–Crippen MR) is 112 cm³/mol. The Balaban J connectivity index is 0.00000364. The number of hydrogen-bond acceptors (Lipinski definition) is 3. The van der Waals surface area contributed by atoms with Crippen LogP contribution in [0.5, 0.6) is 0 Å². The molecule has 1 aliphatic rings. The van der Waals surface area contributed by atoms with Gasteiger partial charge in [-0.3, -0.25) is 9.59 Å². The van der Waals surface area contributed by atoms with Gasteiger partial charge in [0.25, 0.3) is 0 Å². The van der Waals surface area contributed by atoms with E-state index in [-0.39, 0.29) is 36.2 Å². The van der Waals surface area contributed by atoms with E-state index in [1.54, 1.807) is 0 Å². The van der Waals surface area contributed by atoms with E-state index in [4.69, 9.17) is 5.73 Å². The number of nitrogens with two attached hydrogens (primary N) is 1. The fraction of sp³-hybridized carbons (Fsp3) is 0.619. The van der Waals surface area contributed by atoms with E-state index in [0.717, 1.165) is 32.1 Å². The molecule has 0 radical (unpaired) electrons. The van der Waals surface area contributed by atoms with Crippen LogP contribution in [0.1, 0.15) is 51.0 Å². The van der Waals surface area contributed by atoms with Crippen LogP contribution in [-0.2, 0) is 16.0 Å². The molecular weight excluding hydrogens is 362 g/mol. The quantitative estimate of drug-likeness (QED) is 0.675. The van der Waals surface area contributed by atoms with Gasteiger partial charge in [-0.05, 0) is 31.7 Å². The van der Waals surface area contributed by atoms with Crippen LogP contribution >= 0.6 is 12.4 Å². The van der Waals surface area contributed by atoms with E-state index in [2.05, 4.69) is 17.4 Å². The maximum atomic E-state index is 12.6. The molecule has 2 rings (SSSR count). The van der Waals surface area contributed by atoms with Gasteiger partial charge in [-0.1, -0.05) is 49.6 Å². The van der Waals surface area contributed by atoms with Crippen LogP contribution in [-0.4, -0.2) is 42.4 Å². The third-order valence-corrected chi connectivity index (χ3v) is 5.11. The molecule has 6 heteroatoms. The van der Waals surface area contributed by atoms with E-state index in [1.165, 1.54) is 12.0 Å². The highest BCUT2D eigenvalue weighted by atomic mass is 35.5. The summed E-state index contributed by atoms with van der Waals surface area (Å²) < 4.78 is 0. The summed E-state index contributed by atoms with van der Waals surface area (Å²) in [5, 5.41) is 3.03. The van der Waals surface area contributed by atoms with Crippen molar-refractivity contribution < 1.29 is 9.59 Å². The molecule has 0 heterocycles. The molecule has 0 aromatic heterocycles. The Morgan fingerprint density at radius 1 is 1.15 bits per heavy atom. The second-order valence-corrected chi connectivity index (χ2v) is 7.35. The van der Waals surface area contributed by atoms with Crippen LogP contribution in [0, 0.1) is 5.92 Å². The summed E-state index contributed by atoms with van der Waals surface area (Å²) in [6.07, 6.45) is 6.59. The van der Waals surface area contributed by atoms with Crippen molar-refractivity contribution in [2.24, 2.45) is 11.7 Å². The fourth-order valence-electron chi connectivity index (χ4n) is 3.59. The third kappa shape index (κ3) is 8.31. The normalized spacial score (nSPS) is 15.5. The highest BCUT2D eigenvalue weighted by Gasteiger charge is 2.23. The molecule has 1 fully saturated rings. The zero-order chi connectivity index (χ0) is 18.8. The van der Waals surface area contributed by atoms with Gasteiger partial charge in [0.1, 0.15) is 0 Å². The smallest absolute Gasteiger partial charge is 0.224 e. The molecule has 1 atom stereocenters. The Morgan fingerprint density at radius 2 is 1.81 bits per heavy atom. The Morgan fingerprint density at radius 3 is 2.44 bits per heavy atom. The number of carbonyl (C=O) groups is 2. The van der Waals surface area contributed by atoms with E-state index >= 15 is 0 Å². The monoisotopic (exact) mass is 395 g/mol. The number of halogens is 1. The maximum absolute atomic E-state index is 12.6. The SMILES string of the molecule is CC(CC(=O)N(CCN)CCc1ccccc1)NC(=O)C1CCCCC1.Cl. The van der Waals surface area contributed by atoms with Crippen LogP contribution in [0.25, 0.3) is 0 Å². The van der Waals surface area contributed by atoms with Crippen molar-refractivity contribution in [3.05, 3.63) is 35.9 Å². The molecule has 152 valence electrons. The lowest BCUT2D eigenvalue weighted by molar-refractivity contribution is -0.132. The van der Waals surface area contributed by atoms with Crippen molar-refractivity contribution in [3.8, 4) is 0 Å². The summed E-state index contributed by atoms with van der Waals surface area (Å²) in [5.41, 5.74) is 6.89.